The number of halogens is 1. The number of carboxylic acids is 1. The van der Waals surface area contributed by atoms with Gasteiger partial charge in [-0.15, -0.1) is 0 Å². The number of amides is 1. The average Bonchev–Trinajstić information content (AvgIpc) is 2.16. The van der Waals surface area contributed by atoms with E-state index in [0.717, 1.165) is 12.1 Å². The first-order valence-electron chi connectivity index (χ1n) is 4.13. The number of nitrogens with one attached hydrogen (secondary N) is 1. The summed E-state index contributed by atoms with van der Waals surface area (Å²) in [6.45, 7) is -0.763. The molecule has 0 fully saturated rings. The Kier molecular flexibility index (Phi) is 3.78. The summed E-state index contributed by atoms with van der Waals surface area (Å²) in [4.78, 5) is 25.5. The standard InChI is InChI=1S/C9H8FNO5/c10-5-2-1-3-6(12)8(5)9(15)11-16-4-7(13)14/h1-3,12H,4H2,(H,11,15)(H,13,14). The molecule has 1 aromatic rings. The zero-order valence-corrected chi connectivity index (χ0v) is 7.94. The number of benzene rings is 1. The number of hydrogen-bond donors (Lipinski definition) is 3. The predicted octanol–water partition coefficient (Wildman–Crippen LogP) is 0.277. The third kappa shape index (κ3) is 2.92. The van der Waals surface area contributed by atoms with E-state index in [1.807, 2.05) is 0 Å². The molecule has 7 heteroatoms. The Bertz CT molecular complexity index is 400. The number of phenols is 1. The van der Waals surface area contributed by atoms with Crippen molar-refractivity contribution in [3.8, 4) is 5.75 Å². The quantitative estimate of drug-likeness (QED) is 0.644. The van der Waals surface area contributed by atoms with Crippen LogP contribution in [-0.2, 0) is 9.63 Å². The number of aliphatic carboxylic acids is 1. The van der Waals surface area contributed by atoms with Crippen LogP contribution in [0.4, 0.5) is 4.39 Å². The second kappa shape index (κ2) is 5.08. The van der Waals surface area contributed by atoms with Gasteiger partial charge in [0.05, 0.1) is 0 Å². The number of carbonyl (C=O) groups excluding carboxylic acids is 1. The van der Waals surface area contributed by atoms with Gasteiger partial charge in [-0.05, 0) is 12.1 Å². The second-order valence-electron chi connectivity index (χ2n) is 2.75. The maximum Gasteiger partial charge on any atom is 0.332 e. The van der Waals surface area contributed by atoms with Gasteiger partial charge < -0.3 is 10.2 Å². The van der Waals surface area contributed by atoms with Crippen LogP contribution in [0.3, 0.4) is 0 Å². The number of phenolic OH excluding ortho intramolecular Hbond substituents is 1. The molecule has 1 amide bonds. The van der Waals surface area contributed by atoms with E-state index in [1.54, 1.807) is 5.48 Å². The predicted molar refractivity (Wildman–Crippen MR) is 49.1 cm³/mol. The molecule has 0 aliphatic carbocycles. The largest absolute Gasteiger partial charge is 0.507 e. The monoisotopic (exact) mass is 229 g/mol. The number of hydroxylamine groups is 1. The summed E-state index contributed by atoms with van der Waals surface area (Å²) in [7, 11) is 0. The highest BCUT2D eigenvalue weighted by molar-refractivity contribution is 5.96. The Morgan fingerprint density at radius 1 is 1.44 bits per heavy atom. The van der Waals surface area contributed by atoms with Gasteiger partial charge in [-0.3, -0.25) is 9.63 Å². The number of hydrogen-bond acceptors (Lipinski definition) is 4. The SMILES string of the molecule is O=C(O)CONC(=O)c1c(O)cccc1F. The number of carboxylic acid groups (broad SMARTS) is 1. The lowest BCUT2D eigenvalue weighted by atomic mass is 10.2. The lowest BCUT2D eigenvalue weighted by Crippen LogP contribution is -2.27. The van der Waals surface area contributed by atoms with Crippen LogP contribution in [0.15, 0.2) is 18.2 Å². The first-order chi connectivity index (χ1) is 7.52. The summed E-state index contributed by atoms with van der Waals surface area (Å²) < 4.78 is 13.1. The second-order valence-corrected chi connectivity index (χ2v) is 2.75. The molecule has 0 atom stereocenters. The van der Waals surface area contributed by atoms with Gasteiger partial charge in [-0.1, -0.05) is 6.07 Å². The molecule has 0 aromatic heterocycles. The molecule has 0 saturated heterocycles. The van der Waals surface area contributed by atoms with Crippen LogP contribution in [0.5, 0.6) is 5.75 Å². The van der Waals surface area contributed by atoms with Crippen molar-refractivity contribution in [2.45, 2.75) is 0 Å². The maximum atomic E-state index is 13.1. The molecule has 6 nitrogen and oxygen atoms in total. The number of rotatable bonds is 4. The molecule has 0 heterocycles. The fourth-order valence-corrected chi connectivity index (χ4v) is 0.952. The fourth-order valence-electron chi connectivity index (χ4n) is 0.952. The van der Waals surface area contributed by atoms with Gasteiger partial charge in [0.2, 0.25) is 0 Å². The molecule has 86 valence electrons. The van der Waals surface area contributed by atoms with Gasteiger partial charge in [0.15, 0.2) is 6.61 Å². The first kappa shape index (κ1) is 11.9. The zero-order chi connectivity index (χ0) is 12.1. The Hall–Kier alpha value is -2.15. The minimum atomic E-state index is -1.29. The molecule has 0 saturated carbocycles. The molecule has 3 N–H and O–H groups in total. The molecule has 1 aromatic carbocycles. The molecule has 0 bridgehead atoms. The van der Waals surface area contributed by atoms with Crippen molar-refractivity contribution in [3.63, 3.8) is 0 Å². The summed E-state index contributed by atoms with van der Waals surface area (Å²) in [6, 6.07) is 3.32. The van der Waals surface area contributed by atoms with Crippen LogP contribution in [0.2, 0.25) is 0 Å². The fraction of sp³-hybridized carbons (Fsp3) is 0.111. The van der Waals surface area contributed by atoms with Crippen molar-refractivity contribution in [1.29, 1.82) is 0 Å². The topological polar surface area (TPSA) is 95.9 Å². The van der Waals surface area contributed by atoms with Crippen LogP contribution < -0.4 is 5.48 Å². The van der Waals surface area contributed by atoms with E-state index in [2.05, 4.69) is 4.84 Å². The van der Waals surface area contributed by atoms with E-state index >= 15 is 0 Å². The van der Waals surface area contributed by atoms with Crippen molar-refractivity contribution in [2.24, 2.45) is 0 Å². The van der Waals surface area contributed by atoms with Gasteiger partial charge in [0, 0.05) is 0 Å². The smallest absolute Gasteiger partial charge is 0.332 e. The Morgan fingerprint density at radius 3 is 2.69 bits per heavy atom. The highest BCUT2D eigenvalue weighted by Gasteiger charge is 2.16. The summed E-state index contributed by atoms with van der Waals surface area (Å²) in [6.07, 6.45) is 0. The molecule has 0 aliphatic rings. The summed E-state index contributed by atoms with van der Waals surface area (Å²) in [5.74, 6) is -3.84. The summed E-state index contributed by atoms with van der Waals surface area (Å²) >= 11 is 0. The van der Waals surface area contributed by atoms with Gasteiger partial charge in [0.1, 0.15) is 17.1 Å². The van der Waals surface area contributed by atoms with Crippen LogP contribution in [0, 0.1) is 5.82 Å². The first-order valence-corrected chi connectivity index (χ1v) is 4.13. The lowest BCUT2D eigenvalue weighted by molar-refractivity contribution is -0.144. The Balaban J connectivity index is 2.70. The van der Waals surface area contributed by atoms with Crippen LogP contribution in [-0.4, -0.2) is 28.7 Å². The maximum absolute atomic E-state index is 13.1. The van der Waals surface area contributed by atoms with Gasteiger partial charge in [0.25, 0.3) is 5.91 Å². The van der Waals surface area contributed by atoms with E-state index in [9.17, 15) is 19.1 Å². The van der Waals surface area contributed by atoms with E-state index in [0.29, 0.717) is 0 Å². The summed E-state index contributed by atoms with van der Waals surface area (Å²) in [5, 5.41) is 17.4. The highest BCUT2D eigenvalue weighted by Crippen LogP contribution is 2.19. The molecule has 0 unspecified atom stereocenters. The van der Waals surface area contributed by atoms with Crippen LogP contribution in [0.25, 0.3) is 0 Å². The van der Waals surface area contributed by atoms with E-state index in [4.69, 9.17) is 5.11 Å². The summed E-state index contributed by atoms with van der Waals surface area (Å²) in [5.41, 5.74) is 1.09. The van der Waals surface area contributed by atoms with Gasteiger partial charge in [-0.2, -0.15) is 0 Å². The number of carbonyl (C=O) groups is 2. The average molecular weight is 229 g/mol. The third-order valence-electron chi connectivity index (χ3n) is 1.58. The van der Waals surface area contributed by atoms with Gasteiger partial charge in [-0.25, -0.2) is 14.7 Å². The van der Waals surface area contributed by atoms with Crippen molar-refractivity contribution in [2.75, 3.05) is 6.61 Å². The molecular weight excluding hydrogens is 221 g/mol. The van der Waals surface area contributed by atoms with Crippen molar-refractivity contribution in [1.82, 2.24) is 5.48 Å². The Morgan fingerprint density at radius 2 is 2.12 bits per heavy atom. The minimum absolute atomic E-state index is 0.559. The van der Waals surface area contributed by atoms with Crippen LogP contribution in [0.1, 0.15) is 10.4 Å². The highest BCUT2D eigenvalue weighted by atomic mass is 19.1. The minimum Gasteiger partial charge on any atom is -0.507 e. The molecule has 0 aliphatic heterocycles. The molecule has 16 heavy (non-hydrogen) atoms. The van der Waals surface area contributed by atoms with Gasteiger partial charge >= 0.3 is 5.97 Å². The molecular formula is C9H8FNO5. The van der Waals surface area contributed by atoms with E-state index in [1.165, 1.54) is 6.07 Å². The lowest BCUT2D eigenvalue weighted by Gasteiger charge is -2.06. The molecule has 1 rings (SSSR count). The van der Waals surface area contributed by atoms with Crippen molar-refractivity contribution in [3.05, 3.63) is 29.6 Å². The number of aromatic hydroxyl groups is 1. The van der Waals surface area contributed by atoms with Crippen molar-refractivity contribution < 1.29 is 29.0 Å². The molecule has 0 radical (unpaired) electrons. The molecule has 0 spiro atoms. The van der Waals surface area contributed by atoms with Crippen molar-refractivity contribution >= 4 is 11.9 Å². The van der Waals surface area contributed by atoms with E-state index < -0.39 is 35.6 Å². The third-order valence-corrected chi connectivity index (χ3v) is 1.58. The van der Waals surface area contributed by atoms with Crippen LogP contribution >= 0.6 is 0 Å². The van der Waals surface area contributed by atoms with E-state index in [-0.39, 0.29) is 0 Å². The normalized spacial score (nSPS) is 9.81. The Labute approximate surface area is 89.2 Å². The zero-order valence-electron chi connectivity index (χ0n) is 7.94.